The van der Waals surface area contributed by atoms with Gasteiger partial charge in [0.1, 0.15) is 24.4 Å². The Hall–Kier alpha value is -3.79. The molecule has 2 aromatic rings. The fourth-order valence-corrected chi connectivity index (χ4v) is 3.49. The van der Waals surface area contributed by atoms with Crippen LogP contribution in [0.3, 0.4) is 0 Å². The molecule has 1 N–H and O–H groups in total. The van der Waals surface area contributed by atoms with Gasteiger partial charge in [0, 0.05) is 12.2 Å². The first kappa shape index (κ1) is 32.4. The third-order valence-corrected chi connectivity index (χ3v) is 5.64. The molecule has 0 amide bonds. The van der Waals surface area contributed by atoms with Crippen LogP contribution in [0.5, 0.6) is 0 Å². The quantitative estimate of drug-likeness (QED) is 0.186. The van der Waals surface area contributed by atoms with Crippen LogP contribution >= 0.6 is 0 Å². The zero-order chi connectivity index (χ0) is 29.3. The highest BCUT2D eigenvalue weighted by atomic mass is 16.6. The molecule has 0 fully saturated rings. The molecule has 2 aromatic carbocycles. The highest BCUT2D eigenvalue weighted by molar-refractivity contribution is 5.82. The number of hydrogen-bond acceptors (Lipinski definition) is 9. The van der Waals surface area contributed by atoms with Gasteiger partial charge >= 0.3 is 17.9 Å². The Labute approximate surface area is 235 Å². The second kappa shape index (κ2) is 17.7. The Morgan fingerprint density at radius 1 is 0.750 bits per heavy atom. The van der Waals surface area contributed by atoms with Crippen molar-refractivity contribution in [2.24, 2.45) is 0 Å². The van der Waals surface area contributed by atoms with E-state index >= 15 is 0 Å². The third-order valence-electron chi connectivity index (χ3n) is 5.64. The lowest BCUT2D eigenvalue weighted by Gasteiger charge is -2.22. The fraction of sp³-hybridized carbons (Fsp3) is 0.387. The van der Waals surface area contributed by atoms with Crippen LogP contribution in [0.2, 0.25) is 0 Å². The van der Waals surface area contributed by atoms with Crippen LogP contribution in [-0.2, 0) is 51.3 Å². The minimum absolute atomic E-state index is 0.194. The molecule has 0 spiro atoms. The van der Waals surface area contributed by atoms with Gasteiger partial charge in [-0.1, -0.05) is 60.7 Å². The molecular weight excluding hydrogens is 516 g/mol. The van der Waals surface area contributed by atoms with Crippen molar-refractivity contribution < 1.29 is 43.2 Å². The lowest BCUT2D eigenvalue weighted by atomic mass is 10.2. The summed E-state index contributed by atoms with van der Waals surface area (Å²) in [5.74, 6) is -1.86. The first-order chi connectivity index (χ1) is 19.2. The average Bonchev–Trinajstić information content (AvgIpc) is 2.93. The average molecular weight is 555 g/mol. The number of hydrogen-bond donors (Lipinski definition) is 1. The van der Waals surface area contributed by atoms with Crippen LogP contribution in [0, 0.1) is 0 Å². The maximum atomic E-state index is 12.5. The van der Waals surface area contributed by atoms with Gasteiger partial charge in [-0.2, -0.15) is 0 Å². The standard InChI is InChI=1S/C31H38O9/c1-22(39-30(34)18-15-27(23(2)32)37-20-25-11-7-5-8-12-25)19-31(35)40-24(3)28(16-17-29(33)36-4)38-21-26-13-9-6-10-14-26/h5-18,22-24,27-28,32H,19-21H2,1-4H3/b17-16+,18-15+/t22-,23-,24-,27+,28+/m0/s1. The molecule has 0 bridgehead atoms. The number of benzene rings is 2. The van der Waals surface area contributed by atoms with Gasteiger partial charge in [0.25, 0.3) is 0 Å². The van der Waals surface area contributed by atoms with Crippen LogP contribution in [0.15, 0.2) is 85.0 Å². The number of esters is 3. The number of carbonyl (C=O) groups is 3. The Balaban J connectivity index is 1.86. The van der Waals surface area contributed by atoms with Crippen molar-refractivity contribution >= 4 is 17.9 Å². The number of rotatable bonds is 16. The van der Waals surface area contributed by atoms with Crippen LogP contribution in [0.25, 0.3) is 0 Å². The predicted molar refractivity (Wildman–Crippen MR) is 148 cm³/mol. The van der Waals surface area contributed by atoms with E-state index in [-0.39, 0.29) is 19.6 Å². The molecule has 0 radical (unpaired) electrons. The van der Waals surface area contributed by atoms with Crippen LogP contribution in [0.4, 0.5) is 0 Å². The summed E-state index contributed by atoms with van der Waals surface area (Å²) in [5, 5.41) is 9.99. The van der Waals surface area contributed by atoms with Crippen LogP contribution < -0.4 is 0 Å². The number of aliphatic hydroxyl groups excluding tert-OH is 1. The van der Waals surface area contributed by atoms with E-state index in [4.69, 9.17) is 18.9 Å². The molecule has 0 aliphatic rings. The molecule has 0 unspecified atom stereocenters. The van der Waals surface area contributed by atoms with Crippen molar-refractivity contribution in [3.05, 3.63) is 96.1 Å². The largest absolute Gasteiger partial charge is 0.466 e. The Morgan fingerprint density at radius 2 is 1.25 bits per heavy atom. The molecule has 0 aliphatic heterocycles. The van der Waals surface area contributed by atoms with Gasteiger partial charge in [-0.15, -0.1) is 0 Å². The van der Waals surface area contributed by atoms with Gasteiger partial charge in [0.05, 0.1) is 32.8 Å². The lowest BCUT2D eigenvalue weighted by Crippen LogP contribution is -2.31. The smallest absolute Gasteiger partial charge is 0.330 e. The second-order valence-corrected chi connectivity index (χ2v) is 9.15. The minimum atomic E-state index is -0.855. The van der Waals surface area contributed by atoms with Gasteiger partial charge in [-0.3, -0.25) is 4.79 Å². The summed E-state index contributed by atoms with van der Waals surface area (Å²) in [6.07, 6.45) is 1.25. The predicted octanol–water partition coefficient (Wildman–Crippen LogP) is 4.08. The van der Waals surface area contributed by atoms with Crippen LogP contribution in [-0.4, -0.2) is 60.6 Å². The highest BCUT2D eigenvalue weighted by Crippen LogP contribution is 2.13. The summed E-state index contributed by atoms with van der Waals surface area (Å²) in [4.78, 5) is 36.4. The van der Waals surface area contributed by atoms with Crippen molar-refractivity contribution in [3.8, 4) is 0 Å². The van der Waals surface area contributed by atoms with E-state index in [0.717, 1.165) is 17.2 Å². The molecular formula is C31H38O9. The summed E-state index contributed by atoms with van der Waals surface area (Å²) in [6, 6.07) is 18.9. The zero-order valence-corrected chi connectivity index (χ0v) is 23.3. The molecule has 0 aliphatic carbocycles. The Morgan fingerprint density at radius 3 is 1.77 bits per heavy atom. The minimum Gasteiger partial charge on any atom is -0.466 e. The molecule has 216 valence electrons. The summed E-state index contributed by atoms with van der Waals surface area (Å²) >= 11 is 0. The molecule has 40 heavy (non-hydrogen) atoms. The van der Waals surface area contributed by atoms with Crippen molar-refractivity contribution in [3.63, 3.8) is 0 Å². The molecule has 0 saturated carbocycles. The Bertz CT molecular complexity index is 1100. The van der Waals surface area contributed by atoms with E-state index < -0.39 is 48.4 Å². The van der Waals surface area contributed by atoms with Crippen molar-refractivity contribution in [1.82, 2.24) is 0 Å². The van der Waals surface area contributed by atoms with Gasteiger partial charge in [-0.25, -0.2) is 9.59 Å². The van der Waals surface area contributed by atoms with E-state index in [1.807, 2.05) is 60.7 Å². The van der Waals surface area contributed by atoms with E-state index in [0.29, 0.717) is 0 Å². The van der Waals surface area contributed by atoms with Crippen molar-refractivity contribution in [2.75, 3.05) is 7.11 Å². The molecule has 0 heterocycles. The summed E-state index contributed by atoms with van der Waals surface area (Å²) < 4.78 is 27.0. The third kappa shape index (κ3) is 12.8. The first-order valence-electron chi connectivity index (χ1n) is 13.0. The molecule has 0 saturated heterocycles. The summed E-state index contributed by atoms with van der Waals surface area (Å²) in [5.41, 5.74) is 1.84. The molecule has 9 nitrogen and oxygen atoms in total. The number of aliphatic hydroxyl groups is 1. The monoisotopic (exact) mass is 554 g/mol. The van der Waals surface area contributed by atoms with E-state index in [1.54, 1.807) is 20.8 Å². The fourth-order valence-electron chi connectivity index (χ4n) is 3.49. The molecule has 5 atom stereocenters. The topological polar surface area (TPSA) is 118 Å². The van der Waals surface area contributed by atoms with Crippen molar-refractivity contribution in [1.29, 1.82) is 0 Å². The number of carbonyl (C=O) groups excluding carboxylic acids is 3. The SMILES string of the molecule is COC(=O)/C=C/[C@@H](OCc1ccccc1)[C@H](C)OC(=O)C[C@H](C)OC(=O)/C=C/[C@@H](OCc1ccccc1)[C@H](C)O. The number of ether oxygens (including phenoxy) is 5. The molecule has 9 heteroatoms. The highest BCUT2D eigenvalue weighted by Gasteiger charge is 2.22. The maximum absolute atomic E-state index is 12.5. The normalized spacial score (nSPS) is 15.2. The molecule has 2 rings (SSSR count). The molecule has 0 aromatic heterocycles. The zero-order valence-electron chi connectivity index (χ0n) is 23.3. The maximum Gasteiger partial charge on any atom is 0.330 e. The summed E-state index contributed by atoms with van der Waals surface area (Å²) in [7, 11) is 1.26. The van der Waals surface area contributed by atoms with Crippen molar-refractivity contribution in [2.45, 2.75) is 70.9 Å². The van der Waals surface area contributed by atoms with E-state index in [1.165, 1.54) is 25.3 Å². The Kier molecular flexibility index (Phi) is 14.4. The second-order valence-electron chi connectivity index (χ2n) is 9.15. The number of methoxy groups -OCH3 is 1. The van der Waals surface area contributed by atoms with E-state index in [9.17, 15) is 19.5 Å². The van der Waals surface area contributed by atoms with Crippen LogP contribution in [0.1, 0.15) is 38.3 Å². The van der Waals surface area contributed by atoms with E-state index in [2.05, 4.69) is 4.74 Å². The first-order valence-corrected chi connectivity index (χ1v) is 13.0. The van der Waals surface area contributed by atoms with Gasteiger partial charge in [0.15, 0.2) is 0 Å². The summed E-state index contributed by atoms with van der Waals surface area (Å²) in [6.45, 7) is 5.27. The lowest BCUT2D eigenvalue weighted by molar-refractivity contribution is -0.159. The van der Waals surface area contributed by atoms with Gasteiger partial charge in [-0.05, 0) is 44.1 Å². The van der Waals surface area contributed by atoms with Gasteiger partial charge in [0.2, 0.25) is 0 Å². The van der Waals surface area contributed by atoms with Gasteiger partial charge < -0.3 is 28.8 Å².